The number of nitrogens with zero attached hydrogens (tertiary/aromatic N) is 3. The van der Waals surface area contributed by atoms with Crippen LogP contribution in [0.4, 0.5) is 0 Å². The summed E-state index contributed by atoms with van der Waals surface area (Å²) in [5.74, 6) is 0.0907. The molecule has 0 spiro atoms. The minimum absolute atomic E-state index is 0.166. The summed E-state index contributed by atoms with van der Waals surface area (Å²) in [6, 6.07) is 1.53. The van der Waals surface area contributed by atoms with Crippen molar-refractivity contribution in [3.63, 3.8) is 0 Å². The Morgan fingerprint density at radius 3 is 2.68 bits per heavy atom. The first-order valence-electron chi connectivity index (χ1n) is 8.06. The fourth-order valence-corrected chi connectivity index (χ4v) is 4.14. The second kappa shape index (κ2) is 5.41. The molecule has 2 aliphatic rings. The molecule has 6 heteroatoms. The molecule has 1 saturated carbocycles. The van der Waals surface area contributed by atoms with Gasteiger partial charge in [-0.3, -0.25) is 14.3 Å². The lowest BCUT2D eigenvalue weighted by Crippen LogP contribution is -2.46. The van der Waals surface area contributed by atoms with E-state index >= 15 is 0 Å². The Kier molecular flexibility index (Phi) is 3.70. The van der Waals surface area contributed by atoms with Crippen LogP contribution in [-0.2, 0) is 4.79 Å². The maximum Gasteiger partial charge on any atom is 0.275 e. The molecule has 6 nitrogen and oxygen atoms in total. The molecule has 2 amide bonds. The zero-order valence-corrected chi connectivity index (χ0v) is 13.5. The van der Waals surface area contributed by atoms with Gasteiger partial charge in [0.05, 0.1) is 0 Å². The third-order valence-electron chi connectivity index (χ3n) is 5.07. The number of hydrogen-bond donors (Lipinski definition) is 1. The van der Waals surface area contributed by atoms with Crippen molar-refractivity contribution >= 4 is 11.8 Å². The highest BCUT2D eigenvalue weighted by molar-refractivity contribution is 5.96. The maximum atomic E-state index is 12.8. The summed E-state index contributed by atoms with van der Waals surface area (Å²) in [4.78, 5) is 26.4. The minimum Gasteiger partial charge on any atom is -0.368 e. The molecule has 0 aromatic carbocycles. The molecule has 1 saturated heterocycles. The molecule has 1 aromatic rings. The topological polar surface area (TPSA) is 81.2 Å². The van der Waals surface area contributed by atoms with Crippen molar-refractivity contribution < 1.29 is 9.59 Å². The zero-order chi connectivity index (χ0) is 16.0. The van der Waals surface area contributed by atoms with Gasteiger partial charge in [0.25, 0.3) is 5.91 Å². The third kappa shape index (κ3) is 2.30. The van der Waals surface area contributed by atoms with Gasteiger partial charge in [-0.15, -0.1) is 0 Å². The third-order valence-corrected chi connectivity index (χ3v) is 5.07. The highest BCUT2D eigenvalue weighted by Gasteiger charge is 2.49. The summed E-state index contributed by atoms with van der Waals surface area (Å²) in [6.45, 7) is 6.63. The van der Waals surface area contributed by atoms with E-state index in [2.05, 4.69) is 5.10 Å². The lowest BCUT2D eigenvalue weighted by molar-refractivity contribution is -0.122. The summed E-state index contributed by atoms with van der Waals surface area (Å²) < 4.78 is 1.84. The van der Waals surface area contributed by atoms with Gasteiger partial charge in [0.15, 0.2) is 5.69 Å². The summed E-state index contributed by atoms with van der Waals surface area (Å²) in [5.41, 5.74) is 6.95. The number of nitrogens with two attached hydrogens (primary N) is 1. The maximum absolute atomic E-state index is 12.8. The zero-order valence-electron chi connectivity index (χ0n) is 13.5. The molecule has 3 unspecified atom stereocenters. The minimum atomic E-state index is -0.468. The highest BCUT2D eigenvalue weighted by Crippen LogP contribution is 2.42. The van der Waals surface area contributed by atoms with Gasteiger partial charge in [-0.2, -0.15) is 5.10 Å². The van der Waals surface area contributed by atoms with E-state index in [1.807, 2.05) is 25.5 Å². The first-order chi connectivity index (χ1) is 10.4. The molecule has 1 aliphatic carbocycles. The molecule has 2 heterocycles. The molecule has 3 atom stereocenters. The molecular weight excluding hydrogens is 280 g/mol. The van der Waals surface area contributed by atoms with Crippen molar-refractivity contribution in [1.82, 2.24) is 14.7 Å². The number of hydrogen-bond acceptors (Lipinski definition) is 3. The van der Waals surface area contributed by atoms with Crippen LogP contribution < -0.4 is 5.73 Å². The summed E-state index contributed by atoms with van der Waals surface area (Å²) in [7, 11) is 0. The molecule has 3 rings (SSSR count). The lowest BCUT2D eigenvalue weighted by Gasteiger charge is -2.24. The van der Waals surface area contributed by atoms with Gasteiger partial charge < -0.3 is 10.6 Å². The molecule has 0 radical (unpaired) electrons. The normalized spacial score (nSPS) is 27.5. The van der Waals surface area contributed by atoms with Gasteiger partial charge in [-0.05, 0) is 51.5 Å². The van der Waals surface area contributed by atoms with Crippen molar-refractivity contribution in [2.45, 2.75) is 52.1 Å². The van der Waals surface area contributed by atoms with E-state index in [1.54, 1.807) is 11.0 Å². The van der Waals surface area contributed by atoms with Crippen LogP contribution in [0, 0.1) is 18.8 Å². The summed E-state index contributed by atoms with van der Waals surface area (Å²) >= 11 is 0. The standard InChI is InChI=1S/C16H24N4O2/c1-9(2)20-10(3)7-13(18-20)16(22)19-8-11-5-4-6-12(11)14(19)15(17)21/h7,9,11-12,14H,4-6,8H2,1-3H3,(H2,17,21). The van der Waals surface area contributed by atoms with Crippen molar-refractivity contribution in [2.24, 2.45) is 17.6 Å². The van der Waals surface area contributed by atoms with Crippen molar-refractivity contribution in [2.75, 3.05) is 6.54 Å². The fraction of sp³-hybridized carbons (Fsp3) is 0.688. The van der Waals surface area contributed by atoms with Crippen molar-refractivity contribution in [3.05, 3.63) is 17.5 Å². The Hall–Kier alpha value is -1.85. The monoisotopic (exact) mass is 304 g/mol. The van der Waals surface area contributed by atoms with Crippen LogP contribution in [0.3, 0.4) is 0 Å². The average Bonchev–Trinajstić information content (AvgIpc) is 3.09. The highest BCUT2D eigenvalue weighted by atomic mass is 16.2. The van der Waals surface area contributed by atoms with Crippen LogP contribution in [0.15, 0.2) is 6.07 Å². The first kappa shape index (κ1) is 15.1. The Labute approximate surface area is 130 Å². The van der Waals surface area contributed by atoms with Gasteiger partial charge >= 0.3 is 0 Å². The number of primary amides is 1. The van der Waals surface area contributed by atoms with E-state index in [9.17, 15) is 9.59 Å². The number of amides is 2. The number of aryl methyl sites for hydroxylation is 1. The molecule has 120 valence electrons. The molecule has 0 bridgehead atoms. The predicted molar refractivity (Wildman–Crippen MR) is 82.2 cm³/mol. The van der Waals surface area contributed by atoms with Gasteiger partial charge in [0.2, 0.25) is 5.91 Å². The van der Waals surface area contributed by atoms with Gasteiger partial charge in [0, 0.05) is 18.3 Å². The Bertz CT molecular complexity index is 607. The second-order valence-electron chi connectivity index (χ2n) is 6.87. The van der Waals surface area contributed by atoms with E-state index in [1.165, 1.54) is 0 Å². The van der Waals surface area contributed by atoms with Crippen molar-refractivity contribution in [3.8, 4) is 0 Å². The van der Waals surface area contributed by atoms with E-state index in [0.717, 1.165) is 25.0 Å². The van der Waals surface area contributed by atoms with Crippen LogP contribution in [-0.4, -0.2) is 39.1 Å². The smallest absolute Gasteiger partial charge is 0.275 e. The number of aromatic nitrogens is 2. The van der Waals surface area contributed by atoms with E-state index in [-0.39, 0.29) is 23.8 Å². The van der Waals surface area contributed by atoms with E-state index < -0.39 is 6.04 Å². The van der Waals surface area contributed by atoms with Crippen molar-refractivity contribution in [1.29, 1.82) is 0 Å². The van der Waals surface area contributed by atoms with Gasteiger partial charge in [-0.1, -0.05) is 6.42 Å². The molecule has 2 fully saturated rings. The number of carbonyl (C=O) groups excluding carboxylic acids is 2. The van der Waals surface area contributed by atoms with Crippen LogP contribution >= 0.6 is 0 Å². The van der Waals surface area contributed by atoms with Gasteiger partial charge in [-0.25, -0.2) is 0 Å². The average molecular weight is 304 g/mol. The number of carbonyl (C=O) groups is 2. The van der Waals surface area contributed by atoms with E-state index in [4.69, 9.17) is 5.73 Å². The quantitative estimate of drug-likeness (QED) is 0.918. The second-order valence-corrected chi connectivity index (χ2v) is 6.87. The SMILES string of the molecule is Cc1cc(C(=O)N2CC3CCCC3C2C(N)=O)nn1C(C)C. The molecule has 22 heavy (non-hydrogen) atoms. The van der Waals surface area contributed by atoms with Crippen LogP contribution in [0.25, 0.3) is 0 Å². The largest absolute Gasteiger partial charge is 0.368 e. The van der Waals surface area contributed by atoms with Crippen LogP contribution in [0.2, 0.25) is 0 Å². The number of fused-ring (bicyclic) bond motifs is 1. The predicted octanol–water partition coefficient (Wildman–Crippen LogP) is 1.50. The van der Waals surface area contributed by atoms with E-state index in [0.29, 0.717) is 18.2 Å². The number of rotatable bonds is 3. The Balaban J connectivity index is 1.88. The molecular formula is C16H24N4O2. The summed E-state index contributed by atoms with van der Waals surface area (Å²) in [6.07, 6.45) is 3.20. The van der Waals surface area contributed by atoms with Crippen LogP contribution in [0.1, 0.15) is 55.3 Å². The van der Waals surface area contributed by atoms with Crippen LogP contribution in [0.5, 0.6) is 0 Å². The fourth-order valence-electron chi connectivity index (χ4n) is 4.14. The lowest BCUT2D eigenvalue weighted by atomic mass is 9.94. The Morgan fingerprint density at radius 1 is 1.36 bits per heavy atom. The number of likely N-dealkylation sites (tertiary alicyclic amines) is 1. The molecule has 2 N–H and O–H groups in total. The van der Waals surface area contributed by atoms with Gasteiger partial charge in [0.1, 0.15) is 6.04 Å². The Morgan fingerprint density at radius 2 is 2.09 bits per heavy atom. The molecule has 1 aromatic heterocycles. The molecule has 1 aliphatic heterocycles. The summed E-state index contributed by atoms with van der Waals surface area (Å²) in [5, 5.41) is 4.41. The first-order valence-corrected chi connectivity index (χ1v) is 8.06.